The fourth-order valence-corrected chi connectivity index (χ4v) is 4.27. The lowest BCUT2D eigenvalue weighted by Gasteiger charge is -2.35. The Hall–Kier alpha value is -2.24. The zero-order chi connectivity index (χ0) is 18.7. The van der Waals surface area contributed by atoms with Crippen molar-refractivity contribution >= 4 is 23.4 Å². The molecule has 2 N–H and O–H groups in total. The number of piperidine rings is 1. The fourth-order valence-electron chi connectivity index (χ4n) is 4.27. The second kappa shape index (κ2) is 7.98. The molecule has 6 heteroatoms. The smallest absolute Gasteiger partial charge is 0.321 e. The molecule has 26 heavy (non-hydrogen) atoms. The summed E-state index contributed by atoms with van der Waals surface area (Å²) in [4.78, 5) is 28.0. The lowest BCUT2D eigenvalue weighted by molar-refractivity contribution is -0.143. The standard InChI is InChI=1S/C20H29N3O3/c1-14-11-15(19(24)25)13-23(12-14)20(26)21-17-9-5-6-10-18(17)22(2)16-7-3-4-8-16/h5-6,9-10,14-16H,3-4,7-8,11-13H2,1-2H3,(H,21,26)(H,24,25). The van der Waals surface area contributed by atoms with E-state index in [4.69, 9.17) is 0 Å². The topological polar surface area (TPSA) is 72.9 Å². The maximum absolute atomic E-state index is 12.8. The Bertz CT molecular complexity index is 657. The van der Waals surface area contributed by atoms with Gasteiger partial charge in [0.1, 0.15) is 0 Å². The number of hydrogen-bond donors (Lipinski definition) is 2. The lowest BCUT2D eigenvalue weighted by atomic mass is 9.91. The van der Waals surface area contributed by atoms with Crippen molar-refractivity contribution in [1.82, 2.24) is 4.90 Å². The van der Waals surface area contributed by atoms with E-state index in [0.29, 0.717) is 19.0 Å². The summed E-state index contributed by atoms with van der Waals surface area (Å²) in [6, 6.07) is 8.16. The summed E-state index contributed by atoms with van der Waals surface area (Å²) in [6.07, 6.45) is 5.50. The van der Waals surface area contributed by atoms with E-state index in [-0.39, 0.29) is 18.5 Å². The number of amides is 2. The van der Waals surface area contributed by atoms with Gasteiger partial charge in [0.15, 0.2) is 0 Å². The first kappa shape index (κ1) is 18.5. The number of carbonyl (C=O) groups is 2. The number of carboxylic acid groups (broad SMARTS) is 1. The van der Waals surface area contributed by atoms with Crippen LogP contribution in [0.1, 0.15) is 39.0 Å². The number of anilines is 2. The highest BCUT2D eigenvalue weighted by Gasteiger charge is 2.32. The summed E-state index contributed by atoms with van der Waals surface area (Å²) in [7, 11) is 2.09. The Morgan fingerprint density at radius 2 is 1.88 bits per heavy atom. The van der Waals surface area contributed by atoms with Gasteiger partial charge in [-0.3, -0.25) is 4.79 Å². The second-order valence-electron chi connectivity index (χ2n) is 7.78. The van der Waals surface area contributed by atoms with E-state index in [1.807, 2.05) is 31.2 Å². The van der Waals surface area contributed by atoms with Crippen molar-refractivity contribution in [3.63, 3.8) is 0 Å². The molecule has 2 aliphatic rings. The summed E-state index contributed by atoms with van der Waals surface area (Å²) >= 11 is 0. The summed E-state index contributed by atoms with van der Waals surface area (Å²) in [5, 5.41) is 12.3. The quantitative estimate of drug-likeness (QED) is 0.861. The second-order valence-corrected chi connectivity index (χ2v) is 7.78. The van der Waals surface area contributed by atoms with Crippen molar-refractivity contribution in [3.8, 4) is 0 Å². The fraction of sp³-hybridized carbons (Fsp3) is 0.600. The molecule has 1 aliphatic heterocycles. The van der Waals surface area contributed by atoms with Crippen LogP contribution in [0.4, 0.5) is 16.2 Å². The van der Waals surface area contributed by atoms with Crippen LogP contribution in [0.2, 0.25) is 0 Å². The first-order valence-electron chi connectivity index (χ1n) is 9.56. The molecule has 2 atom stereocenters. The van der Waals surface area contributed by atoms with Crippen LogP contribution in [0.5, 0.6) is 0 Å². The first-order chi connectivity index (χ1) is 12.5. The maximum atomic E-state index is 12.8. The molecular formula is C20H29N3O3. The van der Waals surface area contributed by atoms with Gasteiger partial charge in [0.05, 0.1) is 17.3 Å². The van der Waals surface area contributed by atoms with Crippen LogP contribution in [0.15, 0.2) is 24.3 Å². The minimum absolute atomic E-state index is 0.187. The minimum Gasteiger partial charge on any atom is -0.481 e. The molecule has 1 aromatic carbocycles. The van der Waals surface area contributed by atoms with E-state index in [1.54, 1.807) is 4.90 Å². The largest absolute Gasteiger partial charge is 0.481 e. The summed E-state index contributed by atoms with van der Waals surface area (Å²) < 4.78 is 0. The lowest BCUT2D eigenvalue weighted by Crippen LogP contribution is -2.47. The van der Waals surface area contributed by atoms with Gasteiger partial charge in [-0.2, -0.15) is 0 Å². The predicted molar refractivity (Wildman–Crippen MR) is 103 cm³/mol. The molecule has 1 aliphatic carbocycles. The van der Waals surface area contributed by atoms with Crippen LogP contribution in [0.25, 0.3) is 0 Å². The Balaban J connectivity index is 1.72. The van der Waals surface area contributed by atoms with Crippen LogP contribution in [0, 0.1) is 11.8 Å². The Labute approximate surface area is 155 Å². The molecule has 0 spiro atoms. The molecular weight excluding hydrogens is 330 g/mol. The molecule has 2 fully saturated rings. The van der Waals surface area contributed by atoms with E-state index in [9.17, 15) is 14.7 Å². The zero-order valence-electron chi connectivity index (χ0n) is 15.6. The minimum atomic E-state index is -0.823. The molecule has 2 amide bonds. The monoisotopic (exact) mass is 359 g/mol. The van der Waals surface area contributed by atoms with Crippen LogP contribution >= 0.6 is 0 Å². The van der Waals surface area contributed by atoms with Gasteiger partial charge >= 0.3 is 12.0 Å². The van der Waals surface area contributed by atoms with Crippen molar-refractivity contribution in [1.29, 1.82) is 0 Å². The molecule has 142 valence electrons. The summed E-state index contributed by atoms with van der Waals surface area (Å²) in [5.74, 6) is -1.12. The number of nitrogens with one attached hydrogen (secondary N) is 1. The number of carbonyl (C=O) groups excluding carboxylic acids is 1. The molecule has 0 bridgehead atoms. The summed E-state index contributed by atoms with van der Waals surface area (Å²) in [6.45, 7) is 2.86. The third kappa shape index (κ3) is 4.11. The van der Waals surface area contributed by atoms with E-state index < -0.39 is 11.9 Å². The van der Waals surface area contributed by atoms with Gasteiger partial charge in [-0.1, -0.05) is 31.9 Å². The maximum Gasteiger partial charge on any atom is 0.321 e. The number of benzene rings is 1. The van der Waals surface area contributed by atoms with Crippen molar-refractivity contribution in [2.75, 3.05) is 30.4 Å². The molecule has 6 nitrogen and oxygen atoms in total. The highest BCUT2D eigenvalue weighted by molar-refractivity contribution is 5.93. The normalized spacial score (nSPS) is 23.7. The van der Waals surface area contributed by atoms with Crippen LogP contribution in [0.3, 0.4) is 0 Å². The van der Waals surface area contributed by atoms with E-state index in [0.717, 1.165) is 11.4 Å². The summed E-state index contributed by atoms with van der Waals surface area (Å²) in [5.41, 5.74) is 1.81. The van der Waals surface area contributed by atoms with E-state index in [2.05, 4.69) is 17.3 Å². The molecule has 0 aromatic heterocycles. The molecule has 2 unspecified atom stereocenters. The number of para-hydroxylation sites is 2. The Kier molecular flexibility index (Phi) is 5.69. The number of nitrogens with zero attached hydrogens (tertiary/aromatic N) is 2. The SMILES string of the molecule is CC1CC(C(=O)O)CN(C(=O)Nc2ccccc2N(C)C2CCCC2)C1. The van der Waals surface area contributed by atoms with Crippen molar-refractivity contribution in [2.45, 2.75) is 45.1 Å². The van der Waals surface area contributed by atoms with Gasteiger partial charge in [-0.05, 0) is 37.3 Å². The van der Waals surface area contributed by atoms with Gasteiger partial charge in [0.25, 0.3) is 0 Å². The Morgan fingerprint density at radius 1 is 1.19 bits per heavy atom. The molecule has 3 rings (SSSR count). The number of aliphatic carboxylic acids is 1. The highest BCUT2D eigenvalue weighted by Crippen LogP contribution is 2.32. The number of rotatable bonds is 4. The van der Waals surface area contributed by atoms with E-state index in [1.165, 1.54) is 25.7 Å². The molecule has 1 saturated heterocycles. The number of likely N-dealkylation sites (tertiary alicyclic amines) is 1. The number of hydrogen-bond acceptors (Lipinski definition) is 3. The van der Waals surface area contributed by atoms with Crippen molar-refractivity contribution < 1.29 is 14.7 Å². The van der Waals surface area contributed by atoms with E-state index >= 15 is 0 Å². The highest BCUT2D eigenvalue weighted by atomic mass is 16.4. The molecule has 1 heterocycles. The van der Waals surface area contributed by atoms with Gasteiger partial charge < -0.3 is 20.2 Å². The first-order valence-corrected chi connectivity index (χ1v) is 9.56. The molecule has 0 radical (unpaired) electrons. The third-order valence-corrected chi connectivity index (χ3v) is 5.69. The van der Waals surface area contributed by atoms with Gasteiger partial charge in [-0.15, -0.1) is 0 Å². The van der Waals surface area contributed by atoms with Crippen LogP contribution in [-0.4, -0.2) is 48.2 Å². The van der Waals surface area contributed by atoms with Crippen molar-refractivity contribution in [2.24, 2.45) is 11.8 Å². The molecule has 1 saturated carbocycles. The van der Waals surface area contributed by atoms with Gasteiger partial charge in [-0.25, -0.2) is 4.79 Å². The number of carboxylic acids is 1. The van der Waals surface area contributed by atoms with Crippen LogP contribution in [-0.2, 0) is 4.79 Å². The predicted octanol–water partition coefficient (Wildman–Crippen LogP) is 3.64. The zero-order valence-corrected chi connectivity index (χ0v) is 15.6. The van der Waals surface area contributed by atoms with Crippen LogP contribution < -0.4 is 10.2 Å². The molecule has 1 aromatic rings. The van der Waals surface area contributed by atoms with Gasteiger partial charge in [0, 0.05) is 26.2 Å². The third-order valence-electron chi connectivity index (χ3n) is 5.69. The van der Waals surface area contributed by atoms with Gasteiger partial charge in [0.2, 0.25) is 0 Å². The average Bonchev–Trinajstić information content (AvgIpc) is 3.15. The van der Waals surface area contributed by atoms with Crippen molar-refractivity contribution in [3.05, 3.63) is 24.3 Å². The number of urea groups is 1. The Morgan fingerprint density at radius 3 is 2.58 bits per heavy atom. The average molecular weight is 359 g/mol.